The van der Waals surface area contributed by atoms with Gasteiger partial charge in [0.1, 0.15) is 12.2 Å². The van der Waals surface area contributed by atoms with Gasteiger partial charge in [-0.25, -0.2) is 9.78 Å². The molecule has 0 aliphatic rings. The zero-order valence-electron chi connectivity index (χ0n) is 10.00. The Morgan fingerprint density at radius 1 is 1.17 bits per heavy atom. The summed E-state index contributed by atoms with van der Waals surface area (Å²) < 4.78 is 10.2. The lowest BCUT2D eigenvalue weighted by Gasteiger charge is -2.08. The quantitative estimate of drug-likeness (QED) is 0.774. The molecule has 0 amide bonds. The number of hydrogen-bond acceptors (Lipinski definition) is 4. The standard InChI is InChI=1S/C14H13NO3/c1-17-14(16)12-8-5-9-15-13(12)18-10-11-6-3-2-4-7-11/h2-9H,10H2,1H3. The van der Waals surface area contributed by atoms with Crippen molar-refractivity contribution in [3.63, 3.8) is 0 Å². The Labute approximate surface area is 105 Å². The molecule has 1 aromatic carbocycles. The Morgan fingerprint density at radius 3 is 2.67 bits per heavy atom. The lowest BCUT2D eigenvalue weighted by molar-refractivity contribution is 0.0594. The summed E-state index contributed by atoms with van der Waals surface area (Å²) in [6, 6.07) is 13.0. The highest BCUT2D eigenvalue weighted by Gasteiger charge is 2.13. The molecule has 0 bridgehead atoms. The molecule has 0 aliphatic carbocycles. The first-order chi connectivity index (χ1) is 8.81. The number of carbonyl (C=O) groups is 1. The largest absolute Gasteiger partial charge is 0.472 e. The van der Waals surface area contributed by atoms with E-state index >= 15 is 0 Å². The van der Waals surface area contributed by atoms with Crippen LogP contribution in [0.3, 0.4) is 0 Å². The van der Waals surface area contributed by atoms with Gasteiger partial charge in [0.25, 0.3) is 0 Å². The number of methoxy groups -OCH3 is 1. The molecule has 18 heavy (non-hydrogen) atoms. The van der Waals surface area contributed by atoms with Gasteiger partial charge in [-0.15, -0.1) is 0 Å². The maximum absolute atomic E-state index is 11.5. The van der Waals surface area contributed by atoms with Gasteiger partial charge in [-0.05, 0) is 17.7 Å². The SMILES string of the molecule is COC(=O)c1cccnc1OCc1ccccc1. The van der Waals surface area contributed by atoms with Crippen LogP contribution in [0.5, 0.6) is 5.88 Å². The number of nitrogens with zero attached hydrogens (tertiary/aromatic N) is 1. The van der Waals surface area contributed by atoms with Gasteiger partial charge in [0, 0.05) is 6.20 Å². The molecule has 0 spiro atoms. The minimum absolute atomic E-state index is 0.285. The summed E-state index contributed by atoms with van der Waals surface area (Å²) in [5.41, 5.74) is 1.34. The molecule has 92 valence electrons. The molecule has 4 nitrogen and oxygen atoms in total. The number of hydrogen-bond donors (Lipinski definition) is 0. The summed E-state index contributed by atoms with van der Waals surface area (Å²) in [6.07, 6.45) is 1.58. The maximum atomic E-state index is 11.5. The molecule has 0 aliphatic heterocycles. The van der Waals surface area contributed by atoms with Crippen LogP contribution in [0.2, 0.25) is 0 Å². The fraction of sp³-hybridized carbons (Fsp3) is 0.143. The highest BCUT2D eigenvalue weighted by molar-refractivity contribution is 5.91. The number of rotatable bonds is 4. The van der Waals surface area contributed by atoms with Crippen LogP contribution >= 0.6 is 0 Å². The van der Waals surface area contributed by atoms with Crippen molar-refractivity contribution in [3.05, 3.63) is 59.8 Å². The van der Waals surface area contributed by atoms with E-state index in [1.807, 2.05) is 30.3 Å². The first-order valence-corrected chi connectivity index (χ1v) is 5.51. The van der Waals surface area contributed by atoms with E-state index in [0.29, 0.717) is 12.2 Å². The Morgan fingerprint density at radius 2 is 1.94 bits per heavy atom. The fourth-order valence-corrected chi connectivity index (χ4v) is 1.50. The van der Waals surface area contributed by atoms with Crippen molar-refractivity contribution in [2.45, 2.75) is 6.61 Å². The van der Waals surface area contributed by atoms with Crippen LogP contribution < -0.4 is 4.74 Å². The summed E-state index contributed by atoms with van der Waals surface area (Å²) in [5, 5.41) is 0. The van der Waals surface area contributed by atoms with Crippen LogP contribution in [-0.4, -0.2) is 18.1 Å². The molecule has 0 fully saturated rings. The minimum atomic E-state index is -0.453. The van der Waals surface area contributed by atoms with Gasteiger partial charge < -0.3 is 9.47 Å². The van der Waals surface area contributed by atoms with Crippen molar-refractivity contribution in [1.82, 2.24) is 4.98 Å². The lowest BCUT2D eigenvalue weighted by Crippen LogP contribution is -2.07. The van der Waals surface area contributed by atoms with Crippen LogP contribution in [0.25, 0.3) is 0 Å². The predicted octanol–water partition coefficient (Wildman–Crippen LogP) is 2.45. The molecule has 0 radical (unpaired) electrons. The smallest absolute Gasteiger partial charge is 0.343 e. The van der Waals surface area contributed by atoms with E-state index in [9.17, 15) is 4.79 Å². The predicted molar refractivity (Wildman–Crippen MR) is 66.4 cm³/mol. The monoisotopic (exact) mass is 243 g/mol. The van der Waals surface area contributed by atoms with E-state index < -0.39 is 5.97 Å². The summed E-state index contributed by atoms with van der Waals surface area (Å²) in [7, 11) is 1.33. The van der Waals surface area contributed by atoms with E-state index in [1.54, 1.807) is 18.3 Å². The Kier molecular flexibility index (Phi) is 3.91. The van der Waals surface area contributed by atoms with E-state index in [1.165, 1.54) is 7.11 Å². The van der Waals surface area contributed by atoms with Crippen molar-refractivity contribution in [3.8, 4) is 5.88 Å². The maximum Gasteiger partial charge on any atom is 0.343 e. The average Bonchev–Trinajstić information content (AvgIpc) is 2.45. The van der Waals surface area contributed by atoms with E-state index in [0.717, 1.165) is 5.56 Å². The van der Waals surface area contributed by atoms with Crippen LogP contribution in [-0.2, 0) is 11.3 Å². The molecule has 0 N–H and O–H groups in total. The first kappa shape index (κ1) is 12.1. The fourth-order valence-electron chi connectivity index (χ4n) is 1.50. The average molecular weight is 243 g/mol. The Balaban J connectivity index is 2.12. The van der Waals surface area contributed by atoms with Crippen molar-refractivity contribution in [1.29, 1.82) is 0 Å². The van der Waals surface area contributed by atoms with Crippen molar-refractivity contribution >= 4 is 5.97 Å². The van der Waals surface area contributed by atoms with Gasteiger partial charge in [-0.1, -0.05) is 30.3 Å². The Hall–Kier alpha value is -2.36. The van der Waals surface area contributed by atoms with Crippen molar-refractivity contribution in [2.75, 3.05) is 7.11 Å². The molecule has 0 saturated carbocycles. The van der Waals surface area contributed by atoms with Crippen LogP contribution in [0.15, 0.2) is 48.7 Å². The van der Waals surface area contributed by atoms with Gasteiger partial charge in [0.15, 0.2) is 0 Å². The first-order valence-electron chi connectivity index (χ1n) is 5.51. The zero-order chi connectivity index (χ0) is 12.8. The van der Waals surface area contributed by atoms with Gasteiger partial charge in [-0.3, -0.25) is 0 Å². The summed E-state index contributed by atoms with van der Waals surface area (Å²) >= 11 is 0. The number of ether oxygens (including phenoxy) is 2. The minimum Gasteiger partial charge on any atom is -0.472 e. The number of aromatic nitrogens is 1. The van der Waals surface area contributed by atoms with Gasteiger partial charge in [0.05, 0.1) is 7.11 Å². The van der Waals surface area contributed by atoms with Crippen LogP contribution in [0, 0.1) is 0 Å². The molecule has 2 aromatic rings. The second-order valence-electron chi connectivity index (χ2n) is 3.62. The highest BCUT2D eigenvalue weighted by atomic mass is 16.5. The van der Waals surface area contributed by atoms with Gasteiger partial charge in [-0.2, -0.15) is 0 Å². The van der Waals surface area contributed by atoms with E-state index in [-0.39, 0.29) is 5.88 Å². The normalized spacial score (nSPS) is 9.83. The number of pyridine rings is 1. The van der Waals surface area contributed by atoms with Crippen molar-refractivity contribution in [2.24, 2.45) is 0 Å². The van der Waals surface area contributed by atoms with Crippen LogP contribution in [0.4, 0.5) is 0 Å². The van der Waals surface area contributed by atoms with Crippen LogP contribution in [0.1, 0.15) is 15.9 Å². The number of carbonyl (C=O) groups excluding carboxylic acids is 1. The molecule has 4 heteroatoms. The van der Waals surface area contributed by atoms with E-state index in [2.05, 4.69) is 9.72 Å². The molecule has 0 saturated heterocycles. The van der Waals surface area contributed by atoms with E-state index in [4.69, 9.17) is 4.74 Å². The molecular formula is C14H13NO3. The van der Waals surface area contributed by atoms with Crippen molar-refractivity contribution < 1.29 is 14.3 Å². The van der Waals surface area contributed by atoms with Gasteiger partial charge >= 0.3 is 5.97 Å². The summed E-state index contributed by atoms with van der Waals surface area (Å²) in [5.74, 6) is -0.167. The van der Waals surface area contributed by atoms with Gasteiger partial charge in [0.2, 0.25) is 5.88 Å². The lowest BCUT2D eigenvalue weighted by atomic mass is 10.2. The Bertz CT molecular complexity index is 526. The third-order valence-corrected chi connectivity index (χ3v) is 2.39. The molecule has 2 rings (SSSR count). The second kappa shape index (κ2) is 5.82. The molecule has 1 aromatic heterocycles. The number of benzene rings is 1. The second-order valence-corrected chi connectivity index (χ2v) is 3.62. The molecule has 1 heterocycles. The third-order valence-electron chi connectivity index (χ3n) is 2.39. The number of esters is 1. The third kappa shape index (κ3) is 2.85. The highest BCUT2D eigenvalue weighted by Crippen LogP contribution is 2.16. The zero-order valence-corrected chi connectivity index (χ0v) is 10.00. The summed E-state index contributed by atoms with van der Waals surface area (Å²) in [4.78, 5) is 15.5. The molecular weight excluding hydrogens is 230 g/mol. The molecule has 0 atom stereocenters. The molecule has 0 unspecified atom stereocenters. The summed E-state index contributed by atoms with van der Waals surface area (Å²) in [6.45, 7) is 0.363. The topological polar surface area (TPSA) is 48.4 Å².